The van der Waals surface area contributed by atoms with E-state index in [2.05, 4.69) is 22.3 Å². The highest BCUT2D eigenvalue weighted by Crippen LogP contribution is 2.27. The molecule has 1 atom stereocenters. The van der Waals surface area contributed by atoms with Crippen molar-refractivity contribution in [3.05, 3.63) is 52.2 Å². The van der Waals surface area contributed by atoms with Gasteiger partial charge in [0.05, 0.1) is 18.0 Å². The molecular weight excluding hydrogens is 410 g/mol. The minimum absolute atomic E-state index is 0.0255. The molecule has 2 fully saturated rings. The van der Waals surface area contributed by atoms with Crippen LogP contribution in [0.3, 0.4) is 0 Å². The molecule has 0 aliphatic carbocycles. The van der Waals surface area contributed by atoms with Crippen LogP contribution in [0.15, 0.2) is 41.8 Å². The maximum Gasteiger partial charge on any atom is 0.263 e. The lowest BCUT2D eigenvalue weighted by Gasteiger charge is -2.32. The lowest BCUT2D eigenvalue weighted by Crippen LogP contribution is -2.44. The summed E-state index contributed by atoms with van der Waals surface area (Å²) in [6, 6.07) is 12.1. The first-order chi connectivity index (χ1) is 15.2. The maximum absolute atomic E-state index is 12.9. The summed E-state index contributed by atoms with van der Waals surface area (Å²) in [6.45, 7) is 4.02. The Kier molecular flexibility index (Phi) is 7.25. The van der Waals surface area contributed by atoms with Gasteiger partial charge in [0.15, 0.2) is 0 Å². The molecule has 0 saturated carbocycles. The van der Waals surface area contributed by atoms with E-state index in [0.29, 0.717) is 19.6 Å². The van der Waals surface area contributed by atoms with Crippen molar-refractivity contribution < 1.29 is 14.3 Å². The summed E-state index contributed by atoms with van der Waals surface area (Å²) in [4.78, 5) is 30.5. The molecule has 0 spiro atoms. The number of carbonyl (C=O) groups is 2. The van der Waals surface area contributed by atoms with Gasteiger partial charge >= 0.3 is 0 Å². The molecule has 166 valence electrons. The van der Waals surface area contributed by atoms with E-state index >= 15 is 0 Å². The van der Waals surface area contributed by atoms with Crippen LogP contribution in [0, 0.1) is 5.92 Å². The third-order valence-electron chi connectivity index (χ3n) is 6.44. The van der Waals surface area contributed by atoms with Gasteiger partial charge in [0.2, 0.25) is 5.91 Å². The Morgan fingerprint density at radius 1 is 1.10 bits per heavy atom. The Balaban J connectivity index is 1.32. The fraction of sp³-hybridized carbons (Fsp3) is 0.500. The molecule has 31 heavy (non-hydrogen) atoms. The second-order valence-electron chi connectivity index (χ2n) is 8.32. The van der Waals surface area contributed by atoms with Crippen LogP contribution in [0.4, 0.5) is 0 Å². The standard InChI is InChI=1S/C24H31N3O3S/c1-30-20-8-6-18(7-9-20)21(26-12-2-3-13-26)17-25-23(28)19-10-14-27(15-11-19)24(29)22-5-4-16-31-22/h4-9,16,19,21H,2-3,10-15,17H2,1H3,(H,25,28)/t21-/m1/s1. The van der Waals surface area contributed by atoms with Gasteiger partial charge < -0.3 is 15.0 Å². The largest absolute Gasteiger partial charge is 0.497 e. The molecule has 1 aromatic heterocycles. The van der Waals surface area contributed by atoms with E-state index < -0.39 is 0 Å². The van der Waals surface area contributed by atoms with Crippen molar-refractivity contribution in [2.75, 3.05) is 39.8 Å². The van der Waals surface area contributed by atoms with Crippen LogP contribution in [0.5, 0.6) is 5.75 Å². The zero-order valence-electron chi connectivity index (χ0n) is 18.1. The van der Waals surface area contributed by atoms with Crippen LogP contribution >= 0.6 is 11.3 Å². The lowest BCUT2D eigenvalue weighted by atomic mass is 9.95. The van der Waals surface area contributed by atoms with E-state index in [1.54, 1.807) is 7.11 Å². The molecule has 2 amide bonds. The van der Waals surface area contributed by atoms with Gasteiger partial charge in [-0.2, -0.15) is 0 Å². The van der Waals surface area contributed by atoms with E-state index in [1.807, 2.05) is 34.5 Å². The number of piperidine rings is 1. The van der Waals surface area contributed by atoms with Gasteiger partial charge in [0, 0.05) is 25.6 Å². The third kappa shape index (κ3) is 5.28. The van der Waals surface area contributed by atoms with Crippen LogP contribution in [-0.4, -0.2) is 61.4 Å². The molecule has 3 heterocycles. The first kappa shape index (κ1) is 21.8. The Bertz CT molecular complexity index is 855. The molecule has 1 aromatic carbocycles. The number of carbonyl (C=O) groups excluding carboxylic acids is 2. The van der Waals surface area contributed by atoms with Crippen molar-refractivity contribution in [1.29, 1.82) is 0 Å². The predicted molar refractivity (Wildman–Crippen MR) is 122 cm³/mol. The van der Waals surface area contributed by atoms with Crippen molar-refractivity contribution in [3.63, 3.8) is 0 Å². The van der Waals surface area contributed by atoms with Gasteiger partial charge in [0.25, 0.3) is 5.91 Å². The summed E-state index contributed by atoms with van der Waals surface area (Å²) >= 11 is 1.47. The SMILES string of the molecule is COc1ccc([C@@H](CNC(=O)C2CCN(C(=O)c3cccs3)CC2)N2CCCC2)cc1. The van der Waals surface area contributed by atoms with Crippen molar-refractivity contribution >= 4 is 23.2 Å². The number of methoxy groups -OCH3 is 1. The molecule has 2 aromatic rings. The Hall–Kier alpha value is -2.38. The van der Waals surface area contributed by atoms with Crippen LogP contribution in [0.25, 0.3) is 0 Å². The normalized spacial score (nSPS) is 18.7. The van der Waals surface area contributed by atoms with Gasteiger partial charge in [-0.05, 0) is 67.9 Å². The van der Waals surface area contributed by atoms with E-state index in [4.69, 9.17) is 4.74 Å². The summed E-state index contributed by atoms with van der Waals surface area (Å²) in [6.07, 6.45) is 3.86. The fourth-order valence-electron chi connectivity index (χ4n) is 4.58. The van der Waals surface area contributed by atoms with Crippen molar-refractivity contribution in [2.45, 2.75) is 31.7 Å². The van der Waals surface area contributed by atoms with Crippen LogP contribution < -0.4 is 10.1 Å². The highest BCUT2D eigenvalue weighted by atomic mass is 32.1. The molecule has 1 N–H and O–H groups in total. The second kappa shape index (κ2) is 10.3. The monoisotopic (exact) mass is 441 g/mol. The first-order valence-electron chi connectivity index (χ1n) is 11.1. The number of hydrogen-bond acceptors (Lipinski definition) is 5. The summed E-state index contributed by atoms with van der Waals surface area (Å²) < 4.78 is 5.29. The zero-order valence-corrected chi connectivity index (χ0v) is 18.9. The number of nitrogens with zero attached hydrogens (tertiary/aromatic N) is 2. The fourth-order valence-corrected chi connectivity index (χ4v) is 5.27. The predicted octanol–water partition coefficient (Wildman–Crippen LogP) is 3.56. The molecule has 0 unspecified atom stereocenters. The number of thiophene rings is 1. The van der Waals surface area contributed by atoms with Crippen LogP contribution in [0.2, 0.25) is 0 Å². The van der Waals surface area contributed by atoms with Gasteiger partial charge in [-0.1, -0.05) is 18.2 Å². The maximum atomic E-state index is 12.9. The zero-order chi connectivity index (χ0) is 21.6. The number of nitrogens with one attached hydrogen (secondary N) is 1. The molecule has 6 nitrogen and oxygen atoms in total. The number of rotatable bonds is 7. The van der Waals surface area contributed by atoms with Crippen molar-refractivity contribution in [1.82, 2.24) is 15.1 Å². The van der Waals surface area contributed by atoms with E-state index in [0.717, 1.165) is 36.6 Å². The van der Waals surface area contributed by atoms with Gasteiger partial charge in [-0.15, -0.1) is 11.3 Å². The number of amides is 2. The Labute approximate surface area is 188 Å². The molecule has 0 radical (unpaired) electrons. The number of hydrogen-bond donors (Lipinski definition) is 1. The van der Waals surface area contributed by atoms with Gasteiger partial charge in [-0.3, -0.25) is 14.5 Å². The van der Waals surface area contributed by atoms with Crippen molar-refractivity contribution in [3.8, 4) is 5.75 Å². The van der Waals surface area contributed by atoms with E-state index in [9.17, 15) is 9.59 Å². The van der Waals surface area contributed by atoms with E-state index in [1.165, 1.54) is 29.7 Å². The Morgan fingerprint density at radius 3 is 2.42 bits per heavy atom. The first-order valence-corrected chi connectivity index (χ1v) is 12.0. The molecule has 0 bridgehead atoms. The van der Waals surface area contributed by atoms with Gasteiger partial charge in [-0.25, -0.2) is 0 Å². The molecule has 2 aliphatic heterocycles. The quantitative estimate of drug-likeness (QED) is 0.714. The van der Waals surface area contributed by atoms with Crippen LogP contribution in [0.1, 0.15) is 47.0 Å². The molecule has 7 heteroatoms. The topological polar surface area (TPSA) is 61.9 Å². The molecule has 4 rings (SSSR count). The molecular formula is C24H31N3O3S. The molecule has 2 aliphatic rings. The minimum atomic E-state index is -0.0255. The smallest absolute Gasteiger partial charge is 0.263 e. The summed E-state index contributed by atoms with van der Waals surface area (Å²) in [5, 5.41) is 5.14. The van der Waals surface area contributed by atoms with Crippen molar-refractivity contribution in [2.24, 2.45) is 5.92 Å². The van der Waals surface area contributed by atoms with Gasteiger partial charge in [0.1, 0.15) is 5.75 Å². The highest BCUT2D eigenvalue weighted by Gasteiger charge is 2.29. The minimum Gasteiger partial charge on any atom is -0.497 e. The van der Waals surface area contributed by atoms with E-state index in [-0.39, 0.29) is 23.8 Å². The average molecular weight is 442 g/mol. The highest BCUT2D eigenvalue weighted by molar-refractivity contribution is 7.12. The number of ether oxygens (including phenoxy) is 1. The summed E-state index contributed by atoms with van der Waals surface area (Å²) in [7, 11) is 1.67. The number of likely N-dealkylation sites (tertiary alicyclic amines) is 2. The lowest BCUT2D eigenvalue weighted by molar-refractivity contribution is -0.126. The second-order valence-corrected chi connectivity index (χ2v) is 9.27. The molecule has 2 saturated heterocycles. The average Bonchev–Trinajstić information content (AvgIpc) is 3.54. The number of benzene rings is 1. The van der Waals surface area contributed by atoms with Crippen LogP contribution in [-0.2, 0) is 4.79 Å². The summed E-state index contributed by atoms with van der Waals surface area (Å²) in [5.41, 5.74) is 1.21. The third-order valence-corrected chi connectivity index (χ3v) is 7.29. The summed E-state index contributed by atoms with van der Waals surface area (Å²) in [5.74, 6) is 1.02. The Morgan fingerprint density at radius 2 is 1.81 bits per heavy atom.